The zero-order chi connectivity index (χ0) is 12.6. The van der Waals surface area contributed by atoms with Crippen LogP contribution in [0.2, 0.25) is 8.87 Å². The zero-order valence-corrected chi connectivity index (χ0v) is 21.4. The Morgan fingerprint density at radius 2 is 0.682 bits per heavy atom. The summed E-state index contributed by atoms with van der Waals surface area (Å²) in [5.74, 6) is 0. The van der Waals surface area contributed by atoms with Gasteiger partial charge in [0.05, 0.1) is 0 Å². The molecule has 0 nitrogen and oxygen atoms in total. The number of hydrogen-bond donors (Lipinski definition) is 0. The fourth-order valence-corrected chi connectivity index (χ4v) is 5.75. The van der Waals surface area contributed by atoms with Gasteiger partial charge in [-0.25, -0.2) is 0 Å². The van der Waals surface area contributed by atoms with Crippen LogP contribution in [0.25, 0.3) is 0 Å². The fraction of sp³-hybridized carbons (Fsp3) is 1.00. The van der Waals surface area contributed by atoms with Crippen molar-refractivity contribution in [3.8, 4) is 0 Å². The van der Waals surface area contributed by atoms with Crippen molar-refractivity contribution in [2.24, 2.45) is 0 Å². The van der Waals surface area contributed by atoms with Crippen molar-refractivity contribution in [1.29, 1.82) is 0 Å². The van der Waals surface area contributed by atoms with E-state index in [-0.39, 0.29) is 83.2 Å². The maximum absolute atomic E-state index is 2.30. The molecule has 0 amide bonds. The Morgan fingerprint density at radius 3 is 1.00 bits per heavy atom. The maximum atomic E-state index is 2.30. The largest absolute Gasteiger partial charge is 0.147 e. The van der Waals surface area contributed by atoms with Crippen LogP contribution in [0.5, 0.6) is 0 Å². The summed E-state index contributed by atoms with van der Waals surface area (Å²) >= 11 is 0.0736. The molecule has 6 heteroatoms. The van der Waals surface area contributed by atoms with E-state index in [1.54, 1.807) is 21.7 Å². The first-order chi connectivity index (χ1) is 8.41. The van der Waals surface area contributed by atoms with E-state index >= 15 is 0 Å². The van der Waals surface area contributed by atoms with E-state index in [0.29, 0.717) is 0 Å². The van der Waals surface area contributed by atoms with E-state index in [1.165, 1.54) is 64.2 Å². The van der Waals surface area contributed by atoms with Crippen molar-refractivity contribution in [2.75, 3.05) is 0 Å². The summed E-state index contributed by atoms with van der Waals surface area (Å²) in [5.41, 5.74) is 0. The van der Waals surface area contributed by atoms with Crippen LogP contribution < -0.4 is 0 Å². The SMILES string of the molecule is CCCCCCC[CH2][Sn][CH2]CCCCCCC.Cl.Cl.Cl.Cl.Cl. The predicted molar refractivity (Wildman–Crippen MR) is 118 cm³/mol. The Labute approximate surface area is 181 Å². The number of unbranched alkanes of at least 4 members (excludes halogenated alkanes) is 10. The fourth-order valence-electron chi connectivity index (χ4n) is 2.19. The third kappa shape index (κ3) is 38.0. The van der Waals surface area contributed by atoms with Gasteiger partial charge in [0.1, 0.15) is 0 Å². The smallest absolute Gasteiger partial charge is 0.147 e. The van der Waals surface area contributed by atoms with Crippen molar-refractivity contribution in [1.82, 2.24) is 0 Å². The topological polar surface area (TPSA) is 0 Å². The van der Waals surface area contributed by atoms with Gasteiger partial charge in [-0.3, -0.25) is 0 Å². The van der Waals surface area contributed by atoms with Crippen LogP contribution in [0, 0.1) is 0 Å². The van der Waals surface area contributed by atoms with Crippen LogP contribution >= 0.6 is 62.0 Å². The molecule has 0 aliphatic rings. The molecule has 0 N–H and O–H groups in total. The Kier molecular flexibility index (Phi) is 69.2. The summed E-state index contributed by atoms with van der Waals surface area (Å²) in [7, 11) is 0. The van der Waals surface area contributed by atoms with Gasteiger partial charge in [-0.2, -0.15) is 0 Å². The molecular formula is C16H39Cl5Sn. The Morgan fingerprint density at radius 1 is 0.409 bits per heavy atom. The third-order valence-corrected chi connectivity index (χ3v) is 7.45. The van der Waals surface area contributed by atoms with E-state index in [2.05, 4.69) is 13.8 Å². The molecule has 0 aromatic carbocycles. The van der Waals surface area contributed by atoms with Crippen LogP contribution in [0.15, 0.2) is 0 Å². The zero-order valence-electron chi connectivity index (χ0n) is 14.4. The third-order valence-electron chi connectivity index (χ3n) is 3.41. The second kappa shape index (κ2) is 38.7. The molecule has 0 saturated heterocycles. The molecule has 0 fully saturated rings. The molecule has 0 unspecified atom stereocenters. The van der Waals surface area contributed by atoms with E-state index < -0.39 is 0 Å². The first kappa shape index (κ1) is 39.4. The average Bonchev–Trinajstić information content (AvgIpc) is 2.35. The summed E-state index contributed by atoms with van der Waals surface area (Å²) < 4.78 is 3.31. The van der Waals surface area contributed by atoms with Gasteiger partial charge in [-0.15, -0.1) is 62.0 Å². The normalized spacial score (nSPS) is 8.45. The van der Waals surface area contributed by atoms with E-state index in [9.17, 15) is 0 Å². The minimum atomic E-state index is 0. The maximum Gasteiger partial charge on any atom is -0.147 e. The first-order valence-electron chi connectivity index (χ1n) is 8.12. The average molecular weight is 527 g/mol. The van der Waals surface area contributed by atoms with Crippen molar-refractivity contribution < 1.29 is 0 Å². The van der Waals surface area contributed by atoms with Gasteiger partial charge in [0.25, 0.3) is 0 Å². The van der Waals surface area contributed by atoms with Crippen molar-refractivity contribution in [3.05, 3.63) is 0 Å². The van der Waals surface area contributed by atoms with E-state index in [0.717, 1.165) is 0 Å². The predicted octanol–water partition coefficient (Wildman–Crippen LogP) is 8.36. The molecule has 0 aliphatic carbocycles. The summed E-state index contributed by atoms with van der Waals surface area (Å²) in [4.78, 5) is 0. The molecule has 142 valence electrons. The van der Waals surface area contributed by atoms with E-state index in [4.69, 9.17) is 0 Å². The molecule has 0 heterocycles. The molecule has 22 heavy (non-hydrogen) atoms. The molecule has 0 aromatic rings. The van der Waals surface area contributed by atoms with Crippen LogP contribution in [-0.4, -0.2) is 21.1 Å². The van der Waals surface area contributed by atoms with Crippen molar-refractivity contribution >= 4 is 83.2 Å². The Balaban J connectivity index is -0.000000128. The molecule has 0 aliphatic heterocycles. The van der Waals surface area contributed by atoms with Crippen LogP contribution in [0.4, 0.5) is 0 Å². The van der Waals surface area contributed by atoms with Gasteiger partial charge in [-0.05, 0) is 0 Å². The van der Waals surface area contributed by atoms with Crippen LogP contribution in [0.3, 0.4) is 0 Å². The number of hydrogen-bond acceptors (Lipinski definition) is 0. The molecule has 0 atom stereocenters. The van der Waals surface area contributed by atoms with Gasteiger partial charge in [0.2, 0.25) is 0 Å². The molecular weight excluding hydrogens is 488 g/mol. The van der Waals surface area contributed by atoms with Crippen molar-refractivity contribution in [3.63, 3.8) is 0 Å². The van der Waals surface area contributed by atoms with Crippen LogP contribution in [0.1, 0.15) is 90.9 Å². The molecule has 2 radical (unpaired) electrons. The molecule has 0 aromatic heterocycles. The minimum Gasteiger partial charge on any atom is -0.147 e. The molecule has 0 rings (SSSR count). The van der Waals surface area contributed by atoms with Gasteiger partial charge in [0.15, 0.2) is 0 Å². The summed E-state index contributed by atoms with van der Waals surface area (Å²) in [6.45, 7) is 4.60. The second-order valence-corrected chi connectivity index (χ2v) is 9.57. The number of rotatable bonds is 14. The molecule has 0 bridgehead atoms. The quantitative estimate of drug-likeness (QED) is 0.157. The standard InChI is InChI=1S/2C8H17.5ClH.Sn/c2*1-3-5-7-8-6-4-2;;;;;;/h2*1,3-8H2,2H3;5*1H;. The minimum absolute atomic E-state index is 0. The summed E-state index contributed by atoms with van der Waals surface area (Å²) in [6.07, 6.45) is 17.8. The summed E-state index contributed by atoms with van der Waals surface area (Å²) in [5, 5.41) is 0. The van der Waals surface area contributed by atoms with E-state index in [1.807, 2.05) is 0 Å². The monoisotopic (exact) mass is 526 g/mol. The van der Waals surface area contributed by atoms with Gasteiger partial charge in [-0.1, -0.05) is 0 Å². The van der Waals surface area contributed by atoms with Gasteiger partial charge in [0, 0.05) is 0 Å². The second-order valence-electron chi connectivity index (χ2n) is 5.29. The van der Waals surface area contributed by atoms with Crippen molar-refractivity contribution in [2.45, 2.75) is 99.8 Å². The summed E-state index contributed by atoms with van der Waals surface area (Å²) in [6, 6.07) is 0. The molecule has 0 spiro atoms. The Bertz CT molecular complexity index is 126. The molecule has 0 saturated carbocycles. The van der Waals surface area contributed by atoms with Crippen LogP contribution in [-0.2, 0) is 0 Å². The van der Waals surface area contributed by atoms with Gasteiger partial charge < -0.3 is 0 Å². The number of halogens is 5. The van der Waals surface area contributed by atoms with Gasteiger partial charge >= 0.3 is 121 Å². The first-order valence-corrected chi connectivity index (χ1v) is 12.2. The Hall–Kier alpha value is 2.25.